The molecule has 1 saturated heterocycles. The largest absolute Gasteiger partial charge is 0.273 e. The second-order valence-electron chi connectivity index (χ2n) is 2.89. The number of benzene rings is 1. The fourth-order valence-electron chi connectivity index (χ4n) is 1.16. The van der Waals surface area contributed by atoms with Gasteiger partial charge in [-0.05, 0) is 12.1 Å². The first-order valence-electron chi connectivity index (χ1n) is 4.06. The Bertz CT molecular complexity index is 315. The summed E-state index contributed by atoms with van der Waals surface area (Å²) in [6.07, 6.45) is 0.552. The summed E-state index contributed by atoms with van der Waals surface area (Å²) in [6.45, 7) is 0. The van der Waals surface area contributed by atoms with Gasteiger partial charge in [-0.1, -0.05) is 30.0 Å². The fraction of sp³-hybridized carbons (Fsp3) is 0.222. The quantitative estimate of drug-likeness (QED) is 0.437. The van der Waals surface area contributed by atoms with Crippen LogP contribution < -0.4 is 5.84 Å². The molecule has 4 heteroatoms. The maximum Gasteiger partial charge on any atom is 0.240 e. The summed E-state index contributed by atoms with van der Waals surface area (Å²) < 4.78 is 0. The molecule has 1 amide bonds. The van der Waals surface area contributed by atoms with Crippen molar-refractivity contribution < 1.29 is 4.79 Å². The lowest BCUT2D eigenvalue weighted by atomic mass is 10.2. The summed E-state index contributed by atoms with van der Waals surface area (Å²) in [7, 11) is 0. The van der Waals surface area contributed by atoms with Crippen molar-refractivity contribution in [1.29, 1.82) is 0 Å². The maximum atomic E-state index is 10.8. The summed E-state index contributed by atoms with van der Waals surface area (Å²) in [6, 6.07) is 9.95. The molecule has 1 fully saturated rings. The maximum absolute atomic E-state index is 10.8. The molecule has 1 unspecified atom stereocenters. The SMILES string of the molecule is NN1C(=O)CC1Sc1ccccc1. The molecule has 1 aromatic carbocycles. The first-order chi connectivity index (χ1) is 6.27. The minimum Gasteiger partial charge on any atom is -0.273 e. The highest BCUT2D eigenvalue weighted by Gasteiger charge is 2.34. The number of rotatable bonds is 2. The predicted octanol–water partition coefficient (Wildman–Crippen LogP) is 1.21. The molecular weight excluding hydrogens is 184 g/mol. The third kappa shape index (κ3) is 1.68. The number of carbonyl (C=O) groups excluding carboxylic acids is 1. The summed E-state index contributed by atoms with van der Waals surface area (Å²) in [5.74, 6) is 5.50. The van der Waals surface area contributed by atoms with E-state index in [1.165, 1.54) is 5.01 Å². The zero-order valence-corrected chi connectivity index (χ0v) is 7.83. The van der Waals surface area contributed by atoms with Gasteiger partial charge in [0.15, 0.2) is 0 Å². The van der Waals surface area contributed by atoms with Crippen LogP contribution in [0.25, 0.3) is 0 Å². The number of hydrazine groups is 1. The lowest BCUT2D eigenvalue weighted by Gasteiger charge is -2.35. The predicted molar refractivity (Wildman–Crippen MR) is 51.7 cm³/mol. The van der Waals surface area contributed by atoms with Gasteiger partial charge in [0, 0.05) is 4.90 Å². The van der Waals surface area contributed by atoms with Crippen LogP contribution in [0.5, 0.6) is 0 Å². The molecule has 0 saturated carbocycles. The third-order valence-corrected chi connectivity index (χ3v) is 3.17. The van der Waals surface area contributed by atoms with Crippen LogP contribution in [0.15, 0.2) is 35.2 Å². The van der Waals surface area contributed by atoms with E-state index in [0.717, 1.165) is 4.90 Å². The second-order valence-corrected chi connectivity index (χ2v) is 4.14. The molecule has 68 valence electrons. The van der Waals surface area contributed by atoms with E-state index in [1.54, 1.807) is 11.8 Å². The van der Waals surface area contributed by atoms with Crippen LogP contribution in [0.1, 0.15) is 6.42 Å². The van der Waals surface area contributed by atoms with Crippen molar-refractivity contribution in [3.05, 3.63) is 30.3 Å². The molecule has 13 heavy (non-hydrogen) atoms. The van der Waals surface area contributed by atoms with Gasteiger partial charge in [-0.2, -0.15) is 0 Å². The molecule has 0 aliphatic carbocycles. The van der Waals surface area contributed by atoms with Crippen molar-refractivity contribution in [2.24, 2.45) is 5.84 Å². The van der Waals surface area contributed by atoms with Gasteiger partial charge in [0.05, 0.1) is 6.42 Å². The number of thioether (sulfide) groups is 1. The highest BCUT2D eigenvalue weighted by Crippen LogP contribution is 2.32. The Morgan fingerprint density at radius 3 is 2.62 bits per heavy atom. The lowest BCUT2D eigenvalue weighted by Crippen LogP contribution is -2.54. The van der Waals surface area contributed by atoms with E-state index in [1.807, 2.05) is 30.3 Å². The van der Waals surface area contributed by atoms with Crippen LogP contribution in [0.4, 0.5) is 0 Å². The standard InChI is InChI=1S/C9H10N2OS/c10-11-8(12)6-9(11)13-7-4-2-1-3-5-7/h1-5,9H,6,10H2. The van der Waals surface area contributed by atoms with Crippen LogP contribution in [-0.2, 0) is 4.79 Å². The monoisotopic (exact) mass is 194 g/mol. The van der Waals surface area contributed by atoms with Gasteiger partial charge in [0.1, 0.15) is 5.37 Å². The van der Waals surface area contributed by atoms with Crippen LogP contribution >= 0.6 is 11.8 Å². The van der Waals surface area contributed by atoms with Crippen molar-refractivity contribution in [3.63, 3.8) is 0 Å². The van der Waals surface area contributed by atoms with E-state index in [-0.39, 0.29) is 11.3 Å². The Balaban J connectivity index is 1.97. The zero-order chi connectivity index (χ0) is 9.26. The molecular formula is C9H10N2OS. The molecule has 1 aliphatic rings. The minimum atomic E-state index is 0.0217. The first kappa shape index (κ1) is 8.59. The van der Waals surface area contributed by atoms with Gasteiger partial charge in [-0.3, -0.25) is 9.80 Å². The minimum absolute atomic E-state index is 0.0217. The summed E-state index contributed by atoms with van der Waals surface area (Å²) in [5.41, 5.74) is 0. The number of hydrogen-bond acceptors (Lipinski definition) is 3. The Morgan fingerprint density at radius 2 is 2.08 bits per heavy atom. The summed E-state index contributed by atoms with van der Waals surface area (Å²) >= 11 is 1.62. The number of nitrogens with zero attached hydrogens (tertiary/aromatic N) is 1. The lowest BCUT2D eigenvalue weighted by molar-refractivity contribution is -0.141. The number of hydrogen-bond donors (Lipinski definition) is 1. The average molecular weight is 194 g/mol. The number of nitrogens with two attached hydrogens (primary N) is 1. The topological polar surface area (TPSA) is 46.3 Å². The number of β-lactam (4-membered cyclic amide) rings is 1. The highest BCUT2D eigenvalue weighted by molar-refractivity contribution is 8.00. The molecule has 0 aromatic heterocycles. The zero-order valence-electron chi connectivity index (χ0n) is 7.01. The molecule has 0 radical (unpaired) electrons. The Labute approximate surface area is 80.9 Å². The molecule has 1 heterocycles. The van der Waals surface area contributed by atoms with E-state index < -0.39 is 0 Å². The average Bonchev–Trinajstić information content (AvgIpc) is 2.19. The molecule has 0 bridgehead atoms. The highest BCUT2D eigenvalue weighted by atomic mass is 32.2. The first-order valence-corrected chi connectivity index (χ1v) is 4.94. The smallest absolute Gasteiger partial charge is 0.240 e. The van der Waals surface area contributed by atoms with E-state index in [4.69, 9.17) is 5.84 Å². The normalized spacial score (nSPS) is 21.5. The molecule has 1 aliphatic heterocycles. The van der Waals surface area contributed by atoms with E-state index >= 15 is 0 Å². The molecule has 2 rings (SSSR count). The van der Waals surface area contributed by atoms with Crippen molar-refractivity contribution in [2.45, 2.75) is 16.7 Å². The fourth-order valence-corrected chi connectivity index (χ4v) is 2.24. The van der Waals surface area contributed by atoms with Crippen molar-refractivity contribution >= 4 is 17.7 Å². The van der Waals surface area contributed by atoms with E-state index in [2.05, 4.69) is 0 Å². The molecule has 3 nitrogen and oxygen atoms in total. The molecule has 1 aromatic rings. The van der Waals surface area contributed by atoms with Crippen molar-refractivity contribution in [1.82, 2.24) is 5.01 Å². The third-order valence-electron chi connectivity index (χ3n) is 1.96. The van der Waals surface area contributed by atoms with Crippen LogP contribution in [-0.4, -0.2) is 16.3 Å². The van der Waals surface area contributed by atoms with Gasteiger partial charge < -0.3 is 0 Å². The van der Waals surface area contributed by atoms with Crippen LogP contribution in [0.3, 0.4) is 0 Å². The Hall–Kier alpha value is -1.00. The van der Waals surface area contributed by atoms with Gasteiger partial charge in [-0.25, -0.2) is 5.84 Å². The molecule has 2 N–H and O–H groups in total. The van der Waals surface area contributed by atoms with Gasteiger partial charge in [0.25, 0.3) is 0 Å². The Morgan fingerprint density at radius 1 is 1.38 bits per heavy atom. The summed E-state index contributed by atoms with van der Waals surface area (Å²) in [5, 5.41) is 1.41. The van der Waals surface area contributed by atoms with Crippen molar-refractivity contribution in [3.8, 4) is 0 Å². The van der Waals surface area contributed by atoms with Crippen molar-refractivity contribution in [2.75, 3.05) is 0 Å². The van der Waals surface area contributed by atoms with Gasteiger partial charge >= 0.3 is 0 Å². The number of carbonyl (C=O) groups is 1. The molecule has 0 spiro atoms. The Kier molecular flexibility index (Phi) is 2.24. The number of amides is 1. The summed E-state index contributed by atoms with van der Waals surface area (Å²) in [4.78, 5) is 12.0. The van der Waals surface area contributed by atoms with Crippen LogP contribution in [0, 0.1) is 0 Å². The van der Waals surface area contributed by atoms with E-state index in [9.17, 15) is 4.79 Å². The van der Waals surface area contributed by atoms with Gasteiger partial charge in [0.2, 0.25) is 5.91 Å². The van der Waals surface area contributed by atoms with Crippen LogP contribution in [0.2, 0.25) is 0 Å². The van der Waals surface area contributed by atoms with Gasteiger partial charge in [-0.15, -0.1) is 0 Å². The second kappa shape index (κ2) is 3.40. The van der Waals surface area contributed by atoms with E-state index in [0.29, 0.717) is 6.42 Å². The molecule has 1 atom stereocenters.